The molecule has 14 heavy (non-hydrogen) atoms. The number of hydrogen-bond donors (Lipinski definition) is 0. The maximum absolute atomic E-state index is 5.66. The van der Waals surface area contributed by atoms with Crippen molar-refractivity contribution in [3.8, 4) is 11.4 Å². The van der Waals surface area contributed by atoms with Crippen molar-refractivity contribution in [2.75, 3.05) is 0 Å². The lowest BCUT2D eigenvalue weighted by atomic mass is 10.3. The Morgan fingerprint density at radius 1 is 1.14 bits per heavy atom. The van der Waals surface area contributed by atoms with Gasteiger partial charge in [0.05, 0.1) is 0 Å². The molecule has 0 atom stereocenters. The van der Waals surface area contributed by atoms with Crippen molar-refractivity contribution in [2.24, 2.45) is 0 Å². The normalized spacial score (nSPS) is 10.5. The van der Waals surface area contributed by atoms with Crippen molar-refractivity contribution in [1.29, 1.82) is 0 Å². The highest BCUT2D eigenvalue weighted by atomic mass is 35.5. The van der Waals surface area contributed by atoms with Crippen molar-refractivity contribution < 1.29 is 0 Å². The van der Waals surface area contributed by atoms with Gasteiger partial charge < -0.3 is 0 Å². The Bertz CT molecular complexity index is 449. The van der Waals surface area contributed by atoms with Crippen molar-refractivity contribution in [3.05, 3.63) is 26.9 Å². The first kappa shape index (κ1) is 9.83. The molecular formula is C8H5Cl2N3S. The third-order valence-corrected chi connectivity index (χ3v) is 2.77. The predicted octanol–water partition coefficient (Wildman–Crippen LogP) is 3.22. The Labute approximate surface area is 94.8 Å². The number of aromatic nitrogens is 3. The highest BCUT2D eigenvalue weighted by molar-refractivity contribution is 7.10. The van der Waals surface area contributed by atoms with E-state index in [1.165, 1.54) is 4.88 Å². The zero-order valence-corrected chi connectivity index (χ0v) is 9.49. The lowest BCUT2D eigenvalue weighted by Gasteiger charge is -1.96. The van der Waals surface area contributed by atoms with Crippen molar-refractivity contribution in [3.63, 3.8) is 0 Å². The van der Waals surface area contributed by atoms with Crippen molar-refractivity contribution in [2.45, 2.75) is 6.92 Å². The summed E-state index contributed by atoms with van der Waals surface area (Å²) < 4.78 is 0. The third kappa shape index (κ3) is 2.03. The Morgan fingerprint density at radius 2 is 1.79 bits per heavy atom. The summed E-state index contributed by atoms with van der Waals surface area (Å²) in [5.74, 6) is 0.513. The van der Waals surface area contributed by atoms with Crippen LogP contribution in [0.2, 0.25) is 10.6 Å². The third-order valence-electron chi connectivity index (χ3n) is 1.57. The summed E-state index contributed by atoms with van der Waals surface area (Å²) in [6, 6.07) is 1.98. The molecule has 0 unspecified atom stereocenters. The molecule has 3 nitrogen and oxygen atoms in total. The zero-order valence-electron chi connectivity index (χ0n) is 7.16. The maximum Gasteiger partial charge on any atom is 0.227 e. The second kappa shape index (κ2) is 3.81. The molecule has 0 amide bonds. The highest BCUT2D eigenvalue weighted by Gasteiger charge is 2.06. The summed E-state index contributed by atoms with van der Waals surface area (Å²) in [4.78, 5) is 12.8. The average molecular weight is 246 g/mol. The molecule has 0 N–H and O–H groups in total. The average Bonchev–Trinajstić information content (AvgIpc) is 2.50. The molecule has 2 heterocycles. The fourth-order valence-electron chi connectivity index (χ4n) is 1.02. The number of rotatable bonds is 1. The van der Waals surface area contributed by atoms with Crippen molar-refractivity contribution in [1.82, 2.24) is 15.0 Å². The molecule has 0 fully saturated rings. The van der Waals surface area contributed by atoms with Crippen LogP contribution < -0.4 is 0 Å². The van der Waals surface area contributed by atoms with Crippen LogP contribution in [-0.2, 0) is 0 Å². The summed E-state index contributed by atoms with van der Waals surface area (Å²) in [6.07, 6.45) is 0. The molecule has 6 heteroatoms. The van der Waals surface area contributed by atoms with E-state index in [1.54, 1.807) is 11.3 Å². The van der Waals surface area contributed by atoms with E-state index in [-0.39, 0.29) is 10.6 Å². The van der Waals surface area contributed by atoms with E-state index in [0.717, 1.165) is 5.56 Å². The number of nitrogens with zero attached hydrogens (tertiary/aromatic N) is 3. The van der Waals surface area contributed by atoms with Gasteiger partial charge in [0.25, 0.3) is 0 Å². The molecule has 2 rings (SSSR count). The summed E-state index contributed by atoms with van der Waals surface area (Å²) in [5, 5.41) is 2.19. The topological polar surface area (TPSA) is 38.7 Å². The molecule has 0 bridgehead atoms. The first-order chi connectivity index (χ1) is 6.65. The van der Waals surface area contributed by atoms with Gasteiger partial charge in [0.2, 0.25) is 10.6 Å². The van der Waals surface area contributed by atoms with Gasteiger partial charge in [-0.25, -0.2) is 0 Å². The molecule has 0 radical (unpaired) electrons. The van der Waals surface area contributed by atoms with E-state index in [2.05, 4.69) is 15.0 Å². The number of thiophene rings is 1. The highest BCUT2D eigenvalue weighted by Crippen LogP contribution is 2.23. The van der Waals surface area contributed by atoms with E-state index < -0.39 is 0 Å². The van der Waals surface area contributed by atoms with Crippen LogP contribution in [0.25, 0.3) is 11.4 Å². The van der Waals surface area contributed by atoms with E-state index in [4.69, 9.17) is 23.2 Å². The van der Waals surface area contributed by atoms with Crippen LogP contribution in [0.5, 0.6) is 0 Å². The number of halogens is 2. The molecule has 0 spiro atoms. The fraction of sp³-hybridized carbons (Fsp3) is 0.125. The lowest BCUT2D eigenvalue weighted by Crippen LogP contribution is -1.92. The molecule has 0 aromatic carbocycles. The standard InChI is InChI=1S/C8H5Cl2N3S/c1-4-2-5(3-14-4)6-11-7(9)13-8(10)12-6/h2-3H,1H3. The van der Waals surface area contributed by atoms with Gasteiger partial charge in [0, 0.05) is 15.8 Å². The molecule has 0 aliphatic rings. The van der Waals surface area contributed by atoms with Gasteiger partial charge in [-0.3, -0.25) is 0 Å². The quantitative estimate of drug-likeness (QED) is 0.775. The molecule has 2 aromatic heterocycles. The summed E-state index contributed by atoms with van der Waals surface area (Å²) in [5.41, 5.74) is 0.915. The van der Waals surface area contributed by atoms with Crippen LogP contribution in [-0.4, -0.2) is 15.0 Å². The van der Waals surface area contributed by atoms with Crippen LogP contribution in [0.3, 0.4) is 0 Å². The summed E-state index contributed by atoms with van der Waals surface area (Å²) >= 11 is 13.0. The molecule has 0 aliphatic carbocycles. The monoisotopic (exact) mass is 245 g/mol. The van der Waals surface area contributed by atoms with Gasteiger partial charge in [0.15, 0.2) is 5.82 Å². The van der Waals surface area contributed by atoms with Gasteiger partial charge in [-0.05, 0) is 36.2 Å². The Hall–Kier alpha value is -0.710. The van der Waals surface area contributed by atoms with Crippen LogP contribution in [0.1, 0.15) is 4.88 Å². The molecule has 0 aliphatic heterocycles. The van der Waals surface area contributed by atoms with Gasteiger partial charge in [-0.1, -0.05) is 0 Å². The minimum atomic E-state index is 0.115. The molecule has 2 aromatic rings. The van der Waals surface area contributed by atoms with Crippen LogP contribution in [0, 0.1) is 6.92 Å². The van der Waals surface area contributed by atoms with Crippen LogP contribution >= 0.6 is 34.5 Å². The number of hydrogen-bond acceptors (Lipinski definition) is 4. The van der Waals surface area contributed by atoms with E-state index >= 15 is 0 Å². The van der Waals surface area contributed by atoms with Crippen LogP contribution in [0.15, 0.2) is 11.4 Å². The smallest absolute Gasteiger partial charge is 0.198 e. The maximum atomic E-state index is 5.66. The zero-order chi connectivity index (χ0) is 10.1. The SMILES string of the molecule is Cc1cc(-c2nc(Cl)nc(Cl)n2)cs1. The fourth-order valence-corrected chi connectivity index (χ4v) is 2.06. The van der Waals surface area contributed by atoms with E-state index in [0.29, 0.717) is 5.82 Å². The number of aryl methyl sites for hydroxylation is 1. The molecule has 72 valence electrons. The van der Waals surface area contributed by atoms with Crippen molar-refractivity contribution >= 4 is 34.5 Å². The van der Waals surface area contributed by atoms with E-state index in [9.17, 15) is 0 Å². The van der Waals surface area contributed by atoms with Gasteiger partial charge in [-0.2, -0.15) is 15.0 Å². The summed E-state index contributed by atoms with van der Waals surface area (Å²) in [7, 11) is 0. The minimum absolute atomic E-state index is 0.115. The second-order valence-corrected chi connectivity index (χ2v) is 4.43. The van der Waals surface area contributed by atoms with E-state index in [1.807, 2.05) is 18.4 Å². The van der Waals surface area contributed by atoms with Gasteiger partial charge in [0.1, 0.15) is 0 Å². The van der Waals surface area contributed by atoms with Gasteiger partial charge in [-0.15, -0.1) is 11.3 Å². The molecular weight excluding hydrogens is 241 g/mol. The molecule has 0 saturated heterocycles. The predicted molar refractivity (Wildman–Crippen MR) is 57.9 cm³/mol. The summed E-state index contributed by atoms with van der Waals surface area (Å²) in [6.45, 7) is 2.01. The van der Waals surface area contributed by atoms with Crippen LogP contribution in [0.4, 0.5) is 0 Å². The second-order valence-electron chi connectivity index (χ2n) is 2.64. The minimum Gasteiger partial charge on any atom is -0.198 e. The Kier molecular flexibility index (Phi) is 2.67. The van der Waals surface area contributed by atoms with Gasteiger partial charge >= 0.3 is 0 Å². The Balaban J connectivity index is 2.51. The first-order valence-electron chi connectivity index (χ1n) is 3.78. The Morgan fingerprint density at radius 3 is 2.29 bits per heavy atom. The first-order valence-corrected chi connectivity index (χ1v) is 5.41. The lowest BCUT2D eigenvalue weighted by molar-refractivity contribution is 1.06. The molecule has 0 saturated carbocycles. The largest absolute Gasteiger partial charge is 0.227 e.